The van der Waals surface area contributed by atoms with Crippen molar-refractivity contribution in [2.45, 2.75) is 0 Å². The van der Waals surface area contributed by atoms with Crippen molar-refractivity contribution in [2.75, 3.05) is 0 Å². The molecule has 0 unspecified atom stereocenters. The van der Waals surface area contributed by atoms with Gasteiger partial charge in [-0.25, -0.2) is 0 Å². The predicted octanol–water partition coefficient (Wildman–Crippen LogP) is 2.72. The molecule has 3 heteroatoms. The molecule has 1 aromatic heterocycles. The molecule has 2 aromatic carbocycles. The van der Waals surface area contributed by atoms with Gasteiger partial charge in [0.2, 0.25) is 0 Å². The lowest BCUT2D eigenvalue weighted by molar-refractivity contribution is -0.0954. The molecule has 0 bridgehead atoms. The van der Waals surface area contributed by atoms with Crippen molar-refractivity contribution >= 4 is 21.7 Å². The minimum absolute atomic E-state index is 0.211. The first-order valence-electron chi connectivity index (χ1n) is 4.97. The Morgan fingerprint density at radius 2 is 1.62 bits per heavy atom. The molecular formula is C13H8N2O. The summed E-state index contributed by atoms with van der Waals surface area (Å²) in [5.74, 6) is 0. The van der Waals surface area contributed by atoms with Crippen LogP contribution in [-0.4, -0.2) is 4.79 Å². The van der Waals surface area contributed by atoms with Crippen molar-refractivity contribution in [2.24, 2.45) is 0 Å². The van der Waals surface area contributed by atoms with Gasteiger partial charge >= 0.3 is 5.55 Å². The summed E-state index contributed by atoms with van der Waals surface area (Å²) < 4.78 is 5.40. The van der Waals surface area contributed by atoms with E-state index in [0.29, 0.717) is 5.58 Å². The maximum atomic E-state index is 8.64. The van der Waals surface area contributed by atoms with Crippen molar-refractivity contribution in [3.8, 4) is 0 Å². The molecule has 0 amide bonds. The number of rotatable bonds is 0. The van der Waals surface area contributed by atoms with Gasteiger partial charge in [-0.1, -0.05) is 24.3 Å². The third-order valence-electron chi connectivity index (χ3n) is 2.60. The number of benzene rings is 2. The number of hydrogen-bond donors (Lipinski definition) is 0. The summed E-state index contributed by atoms with van der Waals surface area (Å²) in [5, 5.41) is 3.26. The van der Waals surface area contributed by atoms with E-state index in [1.165, 1.54) is 5.39 Å². The molecule has 76 valence electrons. The Labute approximate surface area is 91.2 Å². The van der Waals surface area contributed by atoms with Crippen LogP contribution in [0.5, 0.6) is 0 Å². The Bertz CT molecular complexity index is 767. The monoisotopic (exact) mass is 208 g/mol. The fraction of sp³-hybridized carbons (Fsp3) is 0. The Hall–Kier alpha value is -2.38. The van der Waals surface area contributed by atoms with E-state index in [1.807, 2.05) is 30.3 Å². The quantitative estimate of drug-likeness (QED) is 0.318. The van der Waals surface area contributed by atoms with E-state index >= 15 is 0 Å². The maximum absolute atomic E-state index is 8.64. The van der Waals surface area contributed by atoms with Crippen molar-refractivity contribution in [3.05, 3.63) is 59.6 Å². The van der Waals surface area contributed by atoms with Crippen LogP contribution in [0, 0.1) is 0 Å². The van der Waals surface area contributed by atoms with Crippen molar-refractivity contribution < 1.29 is 9.21 Å². The summed E-state index contributed by atoms with van der Waals surface area (Å²) in [4.78, 5) is 3.03. The average molecular weight is 208 g/mol. The molecule has 0 atom stereocenters. The van der Waals surface area contributed by atoms with Crippen LogP contribution in [0.1, 0.15) is 0 Å². The van der Waals surface area contributed by atoms with Crippen LogP contribution >= 0.6 is 0 Å². The van der Waals surface area contributed by atoms with E-state index in [4.69, 9.17) is 9.95 Å². The zero-order valence-electron chi connectivity index (χ0n) is 8.42. The van der Waals surface area contributed by atoms with Gasteiger partial charge in [0.05, 0.1) is 6.07 Å². The SMILES string of the molecule is [N-]=[N+]=c1ccc2cc3ccccc3cc2o1. The molecule has 3 rings (SSSR count). The molecule has 0 aliphatic rings. The molecule has 16 heavy (non-hydrogen) atoms. The Kier molecular flexibility index (Phi) is 1.85. The van der Waals surface area contributed by atoms with E-state index in [9.17, 15) is 0 Å². The van der Waals surface area contributed by atoms with Gasteiger partial charge in [0.25, 0.3) is 0 Å². The average Bonchev–Trinajstić information content (AvgIpc) is 2.35. The van der Waals surface area contributed by atoms with Crippen LogP contribution in [0.4, 0.5) is 0 Å². The van der Waals surface area contributed by atoms with E-state index < -0.39 is 0 Å². The molecule has 0 saturated heterocycles. The third kappa shape index (κ3) is 1.31. The molecule has 3 nitrogen and oxygen atoms in total. The molecule has 0 saturated carbocycles. The highest BCUT2D eigenvalue weighted by atomic mass is 16.3. The lowest BCUT2D eigenvalue weighted by Gasteiger charge is -1.99. The second-order valence-corrected chi connectivity index (χ2v) is 3.61. The molecule has 0 radical (unpaired) electrons. The first-order valence-corrected chi connectivity index (χ1v) is 4.97. The lowest BCUT2D eigenvalue weighted by atomic mass is 10.1. The van der Waals surface area contributed by atoms with E-state index in [-0.39, 0.29) is 5.55 Å². The third-order valence-corrected chi connectivity index (χ3v) is 2.60. The molecule has 0 aliphatic carbocycles. The van der Waals surface area contributed by atoms with Crippen molar-refractivity contribution in [3.63, 3.8) is 0 Å². The van der Waals surface area contributed by atoms with E-state index in [1.54, 1.807) is 6.07 Å². The number of hydrogen-bond acceptors (Lipinski definition) is 1. The number of nitrogens with zero attached hydrogens (tertiary/aromatic N) is 2. The van der Waals surface area contributed by atoms with Crippen LogP contribution in [-0.2, 0) is 0 Å². The highest BCUT2D eigenvalue weighted by Crippen LogP contribution is 2.21. The highest BCUT2D eigenvalue weighted by molar-refractivity contribution is 5.95. The van der Waals surface area contributed by atoms with Crippen molar-refractivity contribution in [1.29, 1.82) is 0 Å². The molecule has 3 aromatic rings. The summed E-state index contributed by atoms with van der Waals surface area (Å²) >= 11 is 0. The van der Waals surface area contributed by atoms with Crippen LogP contribution < -0.4 is 5.55 Å². The molecule has 0 spiro atoms. The summed E-state index contributed by atoms with van der Waals surface area (Å²) in [6, 6.07) is 15.6. The first-order chi connectivity index (χ1) is 7.86. The van der Waals surface area contributed by atoms with Gasteiger partial charge in [0, 0.05) is 5.39 Å². The fourth-order valence-corrected chi connectivity index (χ4v) is 1.82. The molecule has 1 heterocycles. The molecule has 0 N–H and O–H groups in total. The normalized spacial score (nSPS) is 10.5. The molecule has 0 aliphatic heterocycles. The summed E-state index contributed by atoms with van der Waals surface area (Å²) in [7, 11) is 0. The van der Waals surface area contributed by atoms with Crippen LogP contribution in [0.15, 0.2) is 52.9 Å². The maximum Gasteiger partial charge on any atom is 0.480 e. The minimum atomic E-state index is 0.211. The van der Waals surface area contributed by atoms with Gasteiger partial charge in [-0.15, -0.1) is 4.79 Å². The van der Waals surface area contributed by atoms with Crippen LogP contribution in [0.25, 0.3) is 27.3 Å². The second-order valence-electron chi connectivity index (χ2n) is 3.61. The molecular weight excluding hydrogens is 200 g/mol. The van der Waals surface area contributed by atoms with Crippen LogP contribution in [0.3, 0.4) is 0 Å². The predicted molar refractivity (Wildman–Crippen MR) is 60.5 cm³/mol. The minimum Gasteiger partial charge on any atom is -0.393 e. The topological polar surface area (TPSA) is 49.5 Å². The zero-order chi connectivity index (χ0) is 11.0. The summed E-state index contributed by atoms with van der Waals surface area (Å²) in [6.07, 6.45) is 0. The van der Waals surface area contributed by atoms with Gasteiger partial charge in [-0.05, 0) is 29.0 Å². The summed E-state index contributed by atoms with van der Waals surface area (Å²) in [6.45, 7) is 0. The summed E-state index contributed by atoms with van der Waals surface area (Å²) in [5.41, 5.74) is 9.57. The van der Waals surface area contributed by atoms with Crippen LogP contribution in [0.2, 0.25) is 0 Å². The van der Waals surface area contributed by atoms with Crippen molar-refractivity contribution in [1.82, 2.24) is 0 Å². The van der Waals surface area contributed by atoms with Gasteiger partial charge in [-0.2, -0.15) is 0 Å². The Morgan fingerprint density at radius 3 is 2.38 bits per heavy atom. The standard InChI is InChI=1S/C13H8N2O/c14-15-13-6-5-11-7-9-3-1-2-4-10(9)8-12(11)16-13/h1-8H. The van der Waals surface area contributed by atoms with Gasteiger partial charge in [0.1, 0.15) is 5.58 Å². The number of fused-ring (bicyclic) bond motifs is 2. The van der Waals surface area contributed by atoms with Gasteiger partial charge < -0.3 is 9.95 Å². The largest absolute Gasteiger partial charge is 0.480 e. The van der Waals surface area contributed by atoms with Gasteiger partial charge in [-0.3, -0.25) is 0 Å². The zero-order valence-corrected chi connectivity index (χ0v) is 8.42. The van der Waals surface area contributed by atoms with Gasteiger partial charge in [0.15, 0.2) is 0 Å². The Balaban J connectivity index is 2.51. The lowest BCUT2D eigenvalue weighted by Crippen LogP contribution is -1.99. The second kappa shape index (κ2) is 3.33. The fourth-order valence-electron chi connectivity index (χ4n) is 1.82. The first kappa shape index (κ1) is 8.89. The van der Waals surface area contributed by atoms with E-state index in [0.717, 1.165) is 10.8 Å². The molecule has 0 fully saturated rings. The Morgan fingerprint density at radius 1 is 0.875 bits per heavy atom. The van der Waals surface area contributed by atoms with E-state index in [2.05, 4.69) is 16.9 Å². The highest BCUT2D eigenvalue weighted by Gasteiger charge is 2.01. The smallest absolute Gasteiger partial charge is 0.393 e.